The molecule has 2 rings (SSSR count). The first-order chi connectivity index (χ1) is 17.2. The fourth-order valence-electron chi connectivity index (χ4n) is 3.28. The molecule has 6 nitrogen and oxygen atoms in total. The number of halogens is 3. The van der Waals surface area contributed by atoms with Gasteiger partial charge in [0.15, 0.2) is 0 Å². The molecular weight excluding hydrogens is 475 g/mol. The van der Waals surface area contributed by atoms with E-state index >= 15 is 0 Å². The Labute approximate surface area is 210 Å². The zero-order valence-corrected chi connectivity index (χ0v) is 20.4. The lowest BCUT2D eigenvalue weighted by Crippen LogP contribution is -2.21. The molecule has 200 valence electrons. The van der Waals surface area contributed by atoms with Gasteiger partial charge in [0.25, 0.3) is 0 Å². The van der Waals surface area contributed by atoms with Crippen LogP contribution in [0.5, 0.6) is 5.75 Å². The maximum absolute atomic E-state index is 10.6. The number of unbranched alkanes of at least 4 members (excludes halogenated alkanes) is 6. The van der Waals surface area contributed by atoms with Crippen molar-refractivity contribution in [2.75, 3.05) is 13.2 Å². The van der Waals surface area contributed by atoms with Crippen LogP contribution in [0.3, 0.4) is 0 Å². The number of aliphatic carboxylic acids is 2. The quantitative estimate of drug-likeness (QED) is 0.231. The number of benzene rings is 2. The first-order valence-electron chi connectivity index (χ1n) is 12.2. The third-order valence-electron chi connectivity index (χ3n) is 5.23. The summed E-state index contributed by atoms with van der Waals surface area (Å²) in [5.41, 5.74) is 2.59. The van der Waals surface area contributed by atoms with E-state index in [1.165, 1.54) is 50.5 Å². The van der Waals surface area contributed by atoms with Crippen LogP contribution >= 0.6 is 0 Å². The smallest absolute Gasteiger partial charge is 0.490 e. The minimum atomic E-state index is -5.08. The summed E-state index contributed by atoms with van der Waals surface area (Å²) in [4.78, 5) is 19.4. The molecule has 9 heteroatoms. The number of nitrogens with one attached hydrogen (secondary N) is 1. The summed E-state index contributed by atoms with van der Waals surface area (Å²) in [5.74, 6) is -2.63. The van der Waals surface area contributed by atoms with Crippen LogP contribution in [0.4, 0.5) is 13.2 Å². The number of aryl methyl sites for hydroxylation is 1. The van der Waals surface area contributed by atoms with Gasteiger partial charge in [0.1, 0.15) is 5.75 Å². The lowest BCUT2D eigenvalue weighted by Gasteiger charge is -2.08. The molecule has 0 aliphatic rings. The molecule has 0 fully saturated rings. The average molecular weight is 512 g/mol. The van der Waals surface area contributed by atoms with E-state index in [9.17, 15) is 18.0 Å². The van der Waals surface area contributed by atoms with Gasteiger partial charge in [-0.05, 0) is 42.5 Å². The molecule has 0 unspecified atom stereocenters. The fourth-order valence-corrected chi connectivity index (χ4v) is 3.28. The van der Waals surface area contributed by atoms with Crippen molar-refractivity contribution in [2.24, 2.45) is 0 Å². The van der Waals surface area contributed by atoms with E-state index in [1.807, 2.05) is 24.3 Å². The summed E-state index contributed by atoms with van der Waals surface area (Å²) in [6, 6.07) is 18.8. The zero-order valence-electron chi connectivity index (χ0n) is 20.4. The summed E-state index contributed by atoms with van der Waals surface area (Å²) >= 11 is 0. The monoisotopic (exact) mass is 511 g/mol. The van der Waals surface area contributed by atoms with Crippen LogP contribution in [0.2, 0.25) is 0 Å². The minimum absolute atomic E-state index is 0.148. The summed E-state index contributed by atoms with van der Waals surface area (Å²) in [6.07, 6.45) is 5.14. The van der Waals surface area contributed by atoms with E-state index in [4.69, 9.17) is 19.7 Å². The highest BCUT2D eigenvalue weighted by Gasteiger charge is 2.38. The van der Waals surface area contributed by atoms with Crippen molar-refractivity contribution < 1.29 is 37.7 Å². The Bertz CT molecular complexity index is 858. The van der Waals surface area contributed by atoms with Gasteiger partial charge >= 0.3 is 18.1 Å². The van der Waals surface area contributed by atoms with Gasteiger partial charge < -0.3 is 20.3 Å². The summed E-state index contributed by atoms with van der Waals surface area (Å²) in [5, 5.41) is 18.9. The van der Waals surface area contributed by atoms with Crippen molar-refractivity contribution in [3.05, 3.63) is 65.7 Å². The molecule has 0 saturated heterocycles. The Balaban J connectivity index is 0.000000809. The van der Waals surface area contributed by atoms with Gasteiger partial charge in [-0.2, -0.15) is 13.2 Å². The summed E-state index contributed by atoms with van der Waals surface area (Å²) < 4.78 is 37.6. The molecule has 36 heavy (non-hydrogen) atoms. The largest absolute Gasteiger partial charge is 0.494 e. The molecule has 0 saturated carbocycles. The lowest BCUT2D eigenvalue weighted by molar-refractivity contribution is -0.192. The number of alkyl halides is 3. The van der Waals surface area contributed by atoms with E-state index < -0.39 is 18.1 Å². The van der Waals surface area contributed by atoms with Crippen molar-refractivity contribution in [2.45, 2.75) is 70.5 Å². The van der Waals surface area contributed by atoms with Gasteiger partial charge in [-0.25, -0.2) is 4.79 Å². The third kappa shape index (κ3) is 16.5. The van der Waals surface area contributed by atoms with Crippen LogP contribution in [0.1, 0.15) is 62.5 Å². The van der Waals surface area contributed by atoms with Crippen LogP contribution < -0.4 is 10.1 Å². The van der Waals surface area contributed by atoms with Gasteiger partial charge in [0.05, 0.1) is 13.0 Å². The summed E-state index contributed by atoms with van der Waals surface area (Å²) in [6.45, 7) is 1.93. The second-order valence-electron chi connectivity index (χ2n) is 8.33. The highest BCUT2D eigenvalue weighted by atomic mass is 19.4. The standard InChI is InChI=1S/C25H35NO3.C2HF3O2/c27-25(28)18-19-26-21-23-14-16-24(17-15-23)29-20-10-5-3-1-2-4-7-11-22-12-8-6-9-13-22;3-2(4,5)1(6)7/h6,8-9,12-17,26H,1-5,7,10-11,18-21H2,(H,27,28);(H,6,7). The van der Waals surface area contributed by atoms with Gasteiger partial charge in [-0.15, -0.1) is 0 Å². The highest BCUT2D eigenvalue weighted by molar-refractivity contribution is 5.73. The molecular formula is C27H36F3NO5. The Kier molecular flexibility index (Phi) is 15.7. The van der Waals surface area contributed by atoms with Crippen LogP contribution in [0, 0.1) is 0 Å². The number of hydrogen-bond donors (Lipinski definition) is 3. The number of hydrogen-bond acceptors (Lipinski definition) is 4. The molecule has 3 N–H and O–H groups in total. The Hall–Kier alpha value is -3.07. The van der Waals surface area contributed by atoms with Crippen molar-refractivity contribution in [1.29, 1.82) is 0 Å². The normalized spacial score (nSPS) is 10.9. The molecule has 0 atom stereocenters. The van der Waals surface area contributed by atoms with Crippen LogP contribution in [-0.2, 0) is 22.6 Å². The molecule has 0 radical (unpaired) electrons. The van der Waals surface area contributed by atoms with Crippen molar-refractivity contribution in [1.82, 2.24) is 5.32 Å². The average Bonchev–Trinajstić information content (AvgIpc) is 2.84. The fraction of sp³-hybridized carbons (Fsp3) is 0.481. The molecule has 0 heterocycles. The molecule has 0 aliphatic heterocycles. The Morgan fingerprint density at radius 1 is 0.778 bits per heavy atom. The Morgan fingerprint density at radius 2 is 1.33 bits per heavy atom. The second kappa shape index (κ2) is 18.2. The SMILES string of the molecule is O=C(O)C(F)(F)F.O=C(O)CCNCc1ccc(OCCCCCCCCCc2ccccc2)cc1. The van der Waals surface area contributed by atoms with Crippen LogP contribution in [0.25, 0.3) is 0 Å². The molecule has 0 spiro atoms. The molecule has 0 bridgehead atoms. The third-order valence-corrected chi connectivity index (χ3v) is 5.23. The van der Waals surface area contributed by atoms with E-state index in [2.05, 4.69) is 35.6 Å². The number of rotatable bonds is 16. The van der Waals surface area contributed by atoms with Crippen LogP contribution in [-0.4, -0.2) is 41.5 Å². The predicted octanol–water partition coefficient (Wildman–Crippen LogP) is 6.24. The second-order valence-corrected chi connectivity index (χ2v) is 8.33. The van der Waals surface area contributed by atoms with E-state index in [1.54, 1.807) is 0 Å². The number of carbonyl (C=O) groups is 2. The lowest BCUT2D eigenvalue weighted by atomic mass is 10.0. The van der Waals surface area contributed by atoms with Gasteiger partial charge in [-0.3, -0.25) is 4.79 Å². The number of ether oxygens (including phenoxy) is 1. The molecule has 2 aromatic carbocycles. The first kappa shape index (κ1) is 31.0. The topological polar surface area (TPSA) is 95.9 Å². The minimum Gasteiger partial charge on any atom is -0.494 e. The van der Waals surface area contributed by atoms with Crippen molar-refractivity contribution in [3.63, 3.8) is 0 Å². The molecule has 0 aromatic heterocycles. The maximum atomic E-state index is 10.6. The Morgan fingerprint density at radius 3 is 1.89 bits per heavy atom. The summed E-state index contributed by atoms with van der Waals surface area (Å²) in [7, 11) is 0. The molecule has 0 aliphatic carbocycles. The maximum Gasteiger partial charge on any atom is 0.490 e. The van der Waals surface area contributed by atoms with E-state index in [0.29, 0.717) is 13.1 Å². The number of carboxylic acids is 2. The van der Waals surface area contributed by atoms with Gasteiger partial charge in [0.2, 0.25) is 0 Å². The van der Waals surface area contributed by atoms with Crippen molar-refractivity contribution >= 4 is 11.9 Å². The molecule has 2 aromatic rings. The van der Waals surface area contributed by atoms with E-state index in [0.717, 1.165) is 24.3 Å². The predicted molar refractivity (Wildman–Crippen MR) is 132 cm³/mol. The zero-order chi connectivity index (χ0) is 26.7. The highest BCUT2D eigenvalue weighted by Crippen LogP contribution is 2.15. The molecule has 0 amide bonds. The van der Waals surface area contributed by atoms with Gasteiger partial charge in [0, 0.05) is 13.1 Å². The first-order valence-corrected chi connectivity index (χ1v) is 12.2. The van der Waals surface area contributed by atoms with E-state index in [-0.39, 0.29) is 6.42 Å². The van der Waals surface area contributed by atoms with Gasteiger partial charge in [-0.1, -0.05) is 74.6 Å². The number of carboxylic acid groups (broad SMARTS) is 2. The van der Waals surface area contributed by atoms with Crippen molar-refractivity contribution in [3.8, 4) is 5.75 Å². The van der Waals surface area contributed by atoms with Crippen LogP contribution in [0.15, 0.2) is 54.6 Å².